The Hall–Kier alpha value is -3.98. The number of aromatic amines is 1. The molecule has 0 spiro atoms. The van der Waals surface area contributed by atoms with Gasteiger partial charge in [-0.1, -0.05) is 12.1 Å². The van der Waals surface area contributed by atoms with Crippen molar-refractivity contribution in [2.45, 2.75) is 32.5 Å². The third-order valence-corrected chi connectivity index (χ3v) is 6.56. The molecule has 4 N–H and O–H groups in total. The van der Waals surface area contributed by atoms with Crippen LogP contribution in [0.3, 0.4) is 0 Å². The molecule has 1 unspecified atom stereocenters. The zero-order chi connectivity index (χ0) is 25.4. The molecule has 3 heterocycles. The molecule has 0 saturated heterocycles. The fourth-order valence-corrected chi connectivity index (χ4v) is 5.03. The number of methoxy groups -OCH3 is 3. The predicted molar refractivity (Wildman–Crippen MR) is 141 cm³/mol. The molecule has 2 aromatic heterocycles. The van der Waals surface area contributed by atoms with Crippen LogP contribution in [0.1, 0.15) is 34.1 Å². The van der Waals surface area contributed by atoms with Gasteiger partial charge in [0.1, 0.15) is 11.6 Å². The fourth-order valence-electron chi connectivity index (χ4n) is 5.03. The molecule has 9 nitrogen and oxygen atoms in total. The van der Waals surface area contributed by atoms with E-state index in [2.05, 4.69) is 50.4 Å². The van der Waals surface area contributed by atoms with E-state index in [1.54, 1.807) is 21.3 Å². The van der Waals surface area contributed by atoms with Gasteiger partial charge in [0.15, 0.2) is 17.1 Å². The number of anilines is 2. The van der Waals surface area contributed by atoms with Crippen LogP contribution in [0.15, 0.2) is 36.4 Å². The van der Waals surface area contributed by atoms with Crippen LogP contribution >= 0.6 is 0 Å². The third-order valence-electron chi connectivity index (χ3n) is 6.56. The summed E-state index contributed by atoms with van der Waals surface area (Å²) in [7, 11) is 6.99. The zero-order valence-corrected chi connectivity index (χ0v) is 21.3. The number of ether oxygens (including phenoxy) is 3. The Morgan fingerprint density at radius 3 is 2.39 bits per heavy atom. The van der Waals surface area contributed by atoms with Crippen molar-refractivity contribution < 1.29 is 14.2 Å². The van der Waals surface area contributed by atoms with E-state index in [4.69, 9.17) is 19.9 Å². The summed E-state index contributed by atoms with van der Waals surface area (Å²) in [6.07, 6.45) is 0.871. The van der Waals surface area contributed by atoms with Gasteiger partial charge in [-0.15, -0.1) is 0 Å². The topological polar surface area (TPSA) is 111 Å². The van der Waals surface area contributed by atoms with Crippen LogP contribution in [0.2, 0.25) is 0 Å². The van der Waals surface area contributed by atoms with Gasteiger partial charge in [0.25, 0.3) is 0 Å². The van der Waals surface area contributed by atoms with E-state index in [1.807, 2.05) is 25.1 Å². The van der Waals surface area contributed by atoms with Gasteiger partial charge in [0, 0.05) is 24.3 Å². The average molecular weight is 489 g/mol. The van der Waals surface area contributed by atoms with Gasteiger partial charge in [0.2, 0.25) is 5.75 Å². The van der Waals surface area contributed by atoms with E-state index in [0.717, 1.165) is 47.7 Å². The molecule has 188 valence electrons. The van der Waals surface area contributed by atoms with Crippen LogP contribution in [0.25, 0.3) is 11.2 Å². The average Bonchev–Trinajstić information content (AvgIpc) is 3.44. The van der Waals surface area contributed by atoms with E-state index < -0.39 is 0 Å². The minimum absolute atomic E-state index is 0.111. The number of nitrogens with zero attached hydrogens (tertiary/aromatic N) is 3. The molecule has 1 atom stereocenters. The molecule has 0 bridgehead atoms. The van der Waals surface area contributed by atoms with Crippen molar-refractivity contribution in [1.82, 2.24) is 19.9 Å². The Morgan fingerprint density at radius 2 is 1.69 bits per heavy atom. The summed E-state index contributed by atoms with van der Waals surface area (Å²) in [5.74, 6) is 3.24. The summed E-state index contributed by atoms with van der Waals surface area (Å²) in [5.41, 5.74) is 13.6. The van der Waals surface area contributed by atoms with Crippen molar-refractivity contribution >= 4 is 22.7 Å². The molecule has 1 aliphatic rings. The summed E-state index contributed by atoms with van der Waals surface area (Å²) in [5, 5.41) is 3.65. The number of benzene rings is 2. The number of nitrogens with one attached hydrogen (secondary N) is 2. The highest BCUT2D eigenvalue weighted by molar-refractivity contribution is 5.79. The maximum Gasteiger partial charge on any atom is 0.203 e. The molecular weight excluding hydrogens is 456 g/mol. The van der Waals surface area contributed by atoms with Gasteiger partial charge in [-0.2, -0.15) is 0 Å². The van der Waals surface area contributed by atoms with Crippen LogP contribution in [-0.2, 0) is 19.5 Å². The van der Waals surface area contributed by atoms with E-state index in [0.29, 0.717) is 28.7 Å². The smallest absolute Gasteiger partial charge is 0.203 e. The Bertz CT molecular complexity index is 1390. The Balaban J connectivity index is 1.31. The number of imidazole rings is 1. The van der Waals surface area contributed by atoms with E-state index in [9.17, 15) is 0 Å². The van der Waals surface area contributed by atoms with Crippen LogP contribution in [0.4, 0.5) is 11.5 Å². The van der Waals surface area contributed by atoms with Gasteiger partial charge in [-0.05, 0) is 61.3 Å². The maximum absolute atomic E-state index is 6.08. The summed E-state index contributed by atoms with van der Waals surface area (Å²) < 4.78 is 16.4. The molecule has 5 rings (SSSR count). The lowest BCUT2D eigenvalue weighted by atomic mass is 10.0. The number of aromatic nitrogens is 3. The van der Waals surface area contributed by atoms with Crippen LogP contribution in [0.5, 0.6) is 17.2 Å². The molecule has 0 aliphatic carbocycles. The standard InChI is InChI=1S/C27H32N6O3/c1-15-29-25-19(12-24(28)32-27(25)30-15)21-11-18-8-16(6-7-20(18)31-21)13-33(2)14-17-9-22(34-3)26(36-5)23(10-17)35-4/h6-10,12,21,31H,11,13-14H2,1-5H3,(H3,28,29,30,32). The number of nitrogens with two attached hydrogens (primary N) is 1. The van der Waals surface area contributed by atoms with E-state index >= 15 is 0 Å². The third kappa shape index (κ3) is 4.49. The molecule has 0 amide bonds. The highest BCUT2D eigenvalue weighted by atomic mass is 16.5. The van der Waals surface area contributed by atoms with Crippen molar-refractivity contribution in [2.75, 3.05) is 39.4 Å². The highest BCUT2D eigenvalue weighted by Gasteiger charge is 2.26. The van der Waals surface area contributed by atoms with Gasteiger partial charge >= 0.3 is 0 Å². The first kappa shape index (κ1) is 23.7. The second kappa shape index (κ2) is 9.58. The molecule has 1 aliphatic heterocycles. The number of pyridine rings is 1. The van der Waals surface area contributed by atoms with Gasteiger partial charge in [0.05, 0.1) is 32.9 Å². The first-order valence-corrected chi connectivity index (χ1v) is 11.9. The Kier molecular flexibility index (Phi) is 6.32. The number of nitrogen functional groups attached to an aromatic ring is 1. The molecule has 9 heteroatoms. The highest BCUT2D eigenvalue weighted by Crippen LogP contribution is 2.39. The number of aryl methyl sites for hydroxylation is 1. The van der Waals surface area contributed by atoms with Crippen LogP contribution in [0, 0.1) is 6.92 Å². The van der Waals surface area contributed by atoms with E-state index in [-0.39, 0.29) is 6.04 Å². The molecule has 36 heavy (non-hydrogen) atoms. The monoisotopic (exact) mass is 488 g/mol. The zero-order valence-electron chi connectivity index (χ0n) is 21.3. The summed E-state index contributed by atoms with van der Waals surface area (Å²) in [6, 6.07) is 12.7. The number of hydrogen-bond donors (Lipinski definition) is 3. The first-order chi connectivity index (χ1) is 17.4. The van der Waals surface area contributed by atoms with Crippen molar-refractivity contribution in [2.24, 2.45) is 0 Å². The largest absolute Gasteiger partial charge is 0.493 e. The number of hydrogen-bond acceptors (Lipinski definition) is 8. The Morgan fingerprint density at radius 1 is 0.972 bits per heavy atom. The lowest BCUT2D eigenvalue weighted by molar-refractivity contribution is 0.308. The summed E-state index contributed by atoms with van der Waals surface area (Å²) >= 11 is 0. The number of H-pyrrole nitrogens is 1. The second-order valence-corrected chi connectivity index (χ2v) is 9.26. The first-order valence-electron chi connectivity index (χ1n) is 11.9. The molecule has 0 saturated carbocycles. The van der Waals surface area contributed by atoms with Crippen LogP contribution < -0.4 is 25.3 Å². The fraction of sp³-hybridized carbons (Fsp3) is 0.333. The number of fused-ring (bicyclic) bond motifs is 2. The summed E-state index contributed by atoms with van der Waals surface area (Å²) in [6.45, 7) is 3.47. The lowest BCUT2D eigenvalue weighted by Gasteiger charge is -2.19. The molecule has 2 aromatic carbocycles. The van der Waals surface area contributed by atoms with Gasteiger partial charge in [-0.3, -0.25) is 4.90 Å². The molecule has 0 fully saturated rings. The van der Waals surface area contributed by atoms with Crippen molar-refractivity contribution in [3.63, 3.8) is 0 Å². The maximum atomic E-state index is 6.08. The van der Waals surface area contributed by atoms with Crippen molar-refractivity contribution in [3.8, 4) is 17.2 Å². The molecule has 4 aromatic rings. The number of rotatable bonds is 8. The van der Waals surface area contributed by atoms with E-state index in [1.165, 1.54) is 11.1 Å². The second-order valence-electron chi connectivity index (χ2n) is 9.26. The minimum Gasteiger partial charge on any atom is -0.493 e. The van der Waals surface area contributed by atoms with Crippen molar-refractivity contribution in [1.29, 1.82) is 0 Å². The molecule has 0 radical (unpaired) electrons. The summed E-state index contributed by atoms with van der Waals surface area (Å²) in [4.78, 5) is 14.4. The Labute approximate surface area is 210 Å². The minimum atomic E-state index is 0.111. The SMILES string of the molecule is COc1cc(CN(C)Cc2ccc3c(c2)CC(c2cc(N)nc4nc(C)[nH]c24)N3)cc(OC)c1OC. The normalized spacial score (nSPS) is 14.7. The van der Waals surface area contributed by atoms with Gasteiger partial charge < -0.3 is 30.2 Å². The lowest BCUT2D eigenvalue weighted by Crippen LogP contribution is -2.17. The van der Waals surface area contributed by atoms with Gasteiger partial charge in [-0.25, -0.2) is 9.97 Å². The molecular formula is C27H32N6O3. The van der Waals surface area contributed by atoms with Crippen molar-refractivity contribution in [3.05, 3.63) is 64.5 Å². The van der Waals surface area contributed by atoms with Crippen LogP contribution in [-0.4, -0.2) is 48.2 Å². The predicted octanol–water partition coefficient (Wildman–Crippen LogP) is 4.22. The quantitative estimate of drug-likeness (QED) is 0.338.